The number of allylic oxidation sites excluding steroid dienone is 1. The fraction of sp³-hybridized carbons (Fsp3) is 0.250. The molecule has 0 aromatic carbocycles. The monoisotopic (exact) mass is 116 g/mol. The van der Waals surface area contributed by atoms with E-state index in [1.54, 1.807) is 0 Å². The van der Waals surface area contributed by atoms with Crippen LogP contribution in [0, 0.1) is 0 Å². The van der Waals surface area contributed by atoms with Crippen LogP contribution in [0.25, 0.3) is 0 Å². The molecular formula is C4H8N2S. The van der Waals surface area contributed by atoms with Gasteiger partial charge in [0, 0.05) is 11.9 Å². The van der Waals surface area contributed by atoms with Crippen LogP contribution >= 0.6 is 11.9 Å². The molecule has 0 aliphatic rings. The molecule has 0 aromatic heterocycles. The molecule has 0 amide bonds. The average Bonchev–Trinajstić information content (AvgIpc) is 1.69. The van der Waals surface area contributed by atoms with Gasteiger partial charge in [-0.25, -0.2) is 4.40 Å². The van der Waals surface area contributed by atoms with Crippen molar-refractivity contribution in [3.63, 3.8) is 0 Å². The van der Waals surface area contributed by atoms with Crippen LogP contribution in [0.2, 0.25) is 0 Å². The van der Waals surface area contributed by atoms with Gasteiger partial charge in [-0.05, 0) is 12.3 Å². The Balaban J connectivity index is 2.98. The lowest BCUT2D eigenvalue weighted by molar-refractivity contribution is 1.76. The molecule has 3 heteroatoms. The largest absolute Gasteiger partial charge is 0.389 e. The SMILES string of the molecule is C/C=C\SN=CN. The van der Waals surface area contributed by atoms with Crippen molar-refractivity contribution in [2.24, 2.45) is 10.1 Å². The zero-order chi connectivity index (χ0) is 5.54. The van der Waals surface area contributed by atoms with E-state index in [9.17, 15) is 0 Å². The minimum atomic E-state index is 1.27. The second-order valence-corrected chi connectivity index (χ2v) is 1.52. The van der Waals surface area contributed by atoms with Crippen LogP contribution in [0.3, 0.4) is 0 Å². The van der Waals surface area contributed by atoms with Gasteiger partial charge in [0.15, 0.2) is 0 Å². The molecule has 0 saturated heterocycles. The van der Waals surface area contributed by atoms with Crippen molar-refractivity contribution in [2.75, 3.05) is 0 Å². The van der Waals surface area contributed by atoms with Gasteiger partial charge in [0.1, 0.15) is 0 Å². The molecule has 0 atom stereocenters. The number of nitrogens with two attached hydrogens (primary N) is 1. The summed E-state index contributed by atoms with van der Waals surface area (Å²) in [6, 6.07) is 0. The molecule has 0 unspecified atom stereocenters. The Bertz CT molecular complexity index is 67.8. The quantitative estimate of drug-likeness (QED) is 0.334. The molecule has 0 aliphatic carbocycles. The molecular weight excluding hydrogens is 108 g/mol. The van der Waals surface area contributed by atoms with Gasteiger partial charge in [0.05, 0.1) is 6.34 Å². The van der Waals surface area contributed by atoms with Gasteiger partial charge in [0.2, 0.25) is 0 Å². The lowest BCUT2D eigenvalue weighted by Crippen LogP contribution is -1.84. The zero-order valence-electron chi connectivity index (χ0n) is 4.16. The van der Waals surface area contributed by atoms with Gasteiger partial charge in [-0.3, -0.25) is 0 Å². The van der Waals surface area contributed by atoms with E-state index in [0.717, 1.165) is 0 Å². The molecule has 7 heavy (non-hydrogen) atoms. The highest BCUT2D eigenvalue weighted by atomic mass is 32.2. The van der Waals surface area contributed by atoms with Gasteiger partial charge in [0.25, 0.3) is 0 Å². The molecule has 0 bridgehead atoms. The highest BCUT2D eigenvalue weighted by Crippen LogP contribution is 1.99. The second-order valence-electron chi connectivity index (χ2n) is 0.829. The molecule has 2 N–H and O–H groups in total. The first-order valence-corrected chi connectivity index (χ1v) is 2.76. The van der Waals surface area contributed by atoms with E-state index in [1.807, 2.05) is 18.4 Å². The molecule has 40 valence electrons. The van der Waals surface area contributed by atoms with Gasteiger partial charge in [-0.15, -0.1) is 0 Å². The van der Waals surface area contributed by atoms with Crippen molar-refractivity contribution in [1.82, 2.24) is 0 Å². The molecule has 0 fully saturated rings. The van der Waals surface area contributed by atoms with E-state index < -0.39 is 0 Å². The van der Waals surface area contributed by atoms with E-state index in [4.69, 9.17) is 5.73 Å². The average molecular weight is 116 g/mol. The first-order chi connectivity index (χ1) is 3.41. The lowest BCUT2D eigenvalue weighted by Gasteiger charge is -1.73. The summed E-state index contributed by atoms with van der Waals surface area (Å²) in [5, 5.41) is 1.85. The Kier molecular flexibility index (Phi) is 5.21. The second kappa shape index (κ2) is 5.56. The van der Waals surface area contributed by atoms with Crippen LogP contribution < -0.4 is 5.73 Å². The summed E-state index contributed by atoms with van der Waals surface area (Å²) in [5.74, 6) is 0. The van der Waals surface area contributed by atoms with Crippen LogP contribution in [0.5, 0.6) is 0 Å². The molecule has 2 nitrogen and oxygen atoms in total. The molecule has 0 radical (unpaired) electrons. The maximum atomic E-state index is 4.92. The third-order valence-electron chi connectivity index (χ3n) is 0.319. The number of hydrogen-bond donors (Lipinski definition) is 1. The summed E-state index contributed by atoms with van der Waals surface area (Å²) in [4.78, 5) is 0. The summed E-state index contributed by atoms with van der Waals surface area (Å²) in [6.07, 6.45) is 3.17. The normalized spacial score (nSPS) is 11.6. The third-order valence-corrected chi connectivity index (χ3v) is 0.956. The Labute approximate surface area is 47.6 Å². The van der Waals surface area contributed by atoms with Crippen LogP contribution in [0.15, 0.2) is 15.9 Å². The van der Waals surface area contributed by atoms with Crippen molar-refractivity contribution in [2.45, 2.75) is 6.92 Å². The van der Waals surface area contributed by atoms with E-state index in [0.29, 0.717) is 0 Å². The first kappa shape index (κ1) is 6.56. The van der Waals surface area contributed by atoms with E-state index in [1.165, 1.54) is 18.3 Å². The van der Waals surface area contributed by atoms with Crippen LogP contribution in [-0.4, -0.2) is 6.34 Å². The minimum absolute atomic E-state index is 1.27. The van der Waals surface area contributed by atoms with Crippen molar-refractivity contribution in [3.8, 4) is 0 Å². The van der Waals surface area contributed by atoms with Crippen molar-refractivity contribution < 1.29 is 0 Å². The van der Waals surface area contributed by atoms with Gasteiger partial charge >= 0.3 is 0 Å². The summed E-state index contributed by atoms with van der Waals surface area (Å²) in [6.45, 7) is 1.93. The first-order valence-electron chi connectivity index (χ1n) is 1.92. The third kappa shape index (κ3) is 5.56. The van der Waals surface area contributed by atoms with Crippen LogP contribution in [0.4, 0.5) is 0 Å². The Hall–Kier alpha value is -0.440. The maximum absolute atomic E-state index is 4.92. The van der Waals surface area contributed by atoms with E-state index in [2.05, 4.69) is 4.40 Å². The molecule has 0 aromatic rings. The molecule has 0 spiro atoms. The molecule has 0 saturated carbocycles. The summed E-state index contributed by atoms with van der Waals surface area (Å²) < 4.78 is 3.64. The van der Waals surface area contributed by atoms with Crippen LogP contribution in [0.1, 0.15) is 6.92 Å². The Morgan fingerprint density at radius 1 is 1.71 bits per heavy atom. The highest BCUT2D eigenvalue weighted by Gasteiger charge is 1.62. The van der Waals surface area contributed by atoms with Gasteiger partial charge in [-0.2, -0.15) is 0 Å². The standard InChI is InChI=1S/C4H8N2S/c1-2-3-7-6-4-5/h2-4H,1H3,(H2,5,6)/b3-2-. The lowest BCUT2D eigenvalue weighted by atomic mass is 10.8. The molecule has 0 rings (SSSR count). The van der Waals surface area contributed by atoms with Crippen molar-refractivity contribution in [1.29, 1.82) is 0 Å². The fourth-order valence-electron chi connectivity index (χ4n) is 0.131. The van der Waals surface area contributed by atoms with Crippen LogP contribution in [-0.2, 0) is 0 Å². The minimum Gasteiger partial charge on any atom is -0.389 e. The van der Waals surface area contributed by atoms with Crippen molar-refractivity contribution in [3.05, 3.63) is 11.5 Å². The predicted octanol–water partition coefficient (Wildman–Crippen LogP) is 1.16. The van der Waals surface area contributed by atoms with Crippen molar-refractivity contribution >= 4 is 18.3 Å². The molecule has 0 heterocycles. The number of nitrogens with zero attached hydrogens (tertiary/aromatic N) is 1. The fourth-order valence-corrected chi connectivity index (χ4v) is 0.393. The van der Waals surface area contributed by atoms with E-state index >= 15 is 0 Å². The summed E-state index contributed by atoms with van der Waals surface area (Å²) in [5.41, 5.74) is 4.92. The highest BCUT2D eigenvalue weighted by molar-refractivity contribution is 8.01. The number of hydrogen-bond acceptors (Lipinski definition) is 2. The predicted molar refractivity (Wildman–Crippen MR) is 35.1 cm³/mol. The zero-order valence-corrected chi connectivity index (χ0v) is 4.98. The smallest absolute Gasteiger partial charge is 0.0941 e. The molecule has 0 aliphatic heterocycles. The summed E-state index contributed by atoms with van der Waals surface area (Å²) >= 11 is 1.32. The Morgan fingerprint density at radius 3 is 2.86 bits per heavy atom. The van der Waals surface area contributed by atoms with Gasteiger partial charge < -0.3 is 5.73 Å². The van der Waals surface area contributed by atoms with Gasteiger partial charge in [-0.1, -0.05) is 6.08 Å². The number of rotatable bonds is 2. The van der Waals surface area contributed by atoms with E-state index in [-0.39, 0.29) is 0 Å². The summed E-state index contributed by atoms with van der Waals surface area (Å²) in [7, 11) is 0. The topological polar surface area (TPSA) is 38.4 Å². The Morgan fingerprint density at radius 2 is 2.43 bits per heavy atom. The maximum Gasteiger partial charge on any atom is 0.0941 e.